The van der Waals surface area contributed by atoms with Crippen LogP contribution in [0.15, 0.2) is 17.5 Å². The lowest BCUT2D eigenvalue weighted by molar-refractivity contribution is 0.112. The minimum atomic E-state index is -0.0516. The summed E-state index contributed by atoms with van der Waals surface area (Å²) < 4.78 is 6.06. The molecule has 1 aromatic carbocycles. The highest BCUT2D eigenvalue weighted by atomic mass is 32.1. The van der Waals surface area contributed by atoms with Crippen LogP contribution in [0.4, 0.5) is 0 Å². The Morgan fingerprint density at radius 2 is 1.62 bits per heavy atom. The maximum atomic E-state index is 11.0. The van der Waals surface area contributed by atoms with Gasteiger partial charge in [-0.2, -0.15) is 0 Å². The van der Waals surface area contributed by atoms with E-state index >= 15 is 0 Å². The third-order valence-electron chi connectivity index (χ3n) is 3.91. The Labute approximate surface area is 149 Å². The van der Waals surface area contributed by atoms with Crippen LogP contribution in [0.1, 0.15) is 69.4 Å². The molecule has 2 rings (SSSR count). The van der Waals surface area contributed by atoms with Crippen LogP contribution in [0.2, 0.25) is 0 Å². The van der Waals surface area contributed by atoms with Crippen molar-refractivity contribution in [1.29, 1.82) is 0 Å². The number of thiazole rings is 1. The number of ether oxygens (including phenoxy) is 1. The molecule has 1 heterocycles. The molecule has 0 aliphatic carbocycles. The molecule has 0 fully saturated rings. The smallest absolute Gasteiger partial charge is 0.178 e. The van der Waals surface area contributed by atoms with E-state index in [0.717, 1.165) is 23.3 Å². The van der Waals surface area contributed by atoms with Gasteiger partial charge in [-0.25, -0.2) is 4.98 Å². The van der Waals surface area contributed by atoms with Crippen LogP contribution < -0.4 is 4.74 Å². The molecule has 24 heavy (non-hydrogen) atoms. The highest BCUT2D eigenvalue weighted by Crippen LogP contribution is 2.42. The lowest BCUT2D eigenvalue weighted by Crippen LogP contribution is -2.20. The maximum Gasteiger partial charge on any atom is 0.178 e. The fourth-order valence-electron chi connectivity index (χ4n) is 2.67. The quantitative estimate of drug-likeness (QED) is 0.675. The molecule has 0 spiro atoms. The topological polar surface area (TPSA) is 39.2 Å². The van der Waals surface area contributed by atoms with Gasteiger partial charge < -0.3 is 4.74 Å². The fourth-order valence-corrected chi connectivity index (χ4v) is 3.29. The van der Waals surface area contributed by atoms with E-state index in [2.05, 4.69) is 58.7 Å². The Bertz CT molecular complexity index is 698. The summed E-state index contributed by atoms with van der Waals surface area (Å²) in [6, 6.07) is 4.31. The van der Waals surface area contributed by atoms with E-state index < -0.39 is 0 Å². The number of benzene rings is 1. The SMILES string of the molecule is CCOc1c(C(C)(C)C)cc(-c2csc(C=O)n2)cc1C(C)(C)C. The summed E-state index contributed by atoms with van der Waals surface area (Å²) in [4.78, 5) is 15.4. The fraction of sp³-hybridized carbons (Fsp3) is 0.500. The first-order chi connectivity index (χ1) is 11.1. The zero-order chi connectivity index (χ0) is 18.1. The number of aromatic nitrogens is 1. The van der Waals surface area contributed by atoms with Gasteiger partial charge in [-0.1, -0.05) is 41.5 Å². The molecule has 0 unspecified atom stereocenters. The van der Waals surface area contributed by atoms with E-state index in [9.17, 15) is 4.79 Å². The summed E-state index contributed by atoms with van der Waals surface area (Å²) in [5, 5.41) is 2.45. The number of aldehydes is 1. The number of carbonyl (C=O) groups is 1. The summed E-state index contributed by atoms with van der Waals surface area (Å²) in [5.74, 6) is 0.979. The van der Waals surface area contributed by atoms with Crippen molar-refractivity contribution in [2.75, 3.05) is 6.61 Å². The van der Waals surface area contributed by atoms with Crippen LogP contribution >= 0.6 is 11.3 Å². The predicted octanol–water partition coefficient (Wildman–Crippen LogP) is 5.62. The zero-order valence-corrected chi connectivity index (χ0v) is 16.5. The first kappa shape index (κ1) is 18.7. The Morgan fingerprint density at radius 3 is 2.00 bits per heavy atom. The second kappa shape index (κ2) is 6.67. The molecule has 0 saturated carbocycles. The van der Waals surface area contributed by atoms with Crippen LogP contribution in [-0.4, -0.2) is 17.9 Å². The van der Waals surface area contributed by atoms with E-state index in [1.165, 1.54) is 22.5 Å². The average Bonchev–Trinajstić information content (AvgIpc) is 2.94. The number of carbonyl (C=O) groups excluding carboxylic acids is 1. The van der Waals surface area contributed by atoms with E-state index in [1.807, 2.05) is 12.3 Å². The maximum absolute atomic E-state index is 11.0. The monoisotopic (exact) mass is 345 g/mol. The molecule has 0 radical (unpaired) electrons. The molecule has 4 heteroatoms. The van der Waals surface area contributed by atoms with Gasteiger partial charge in [-0.05, 0) is 29.9 Å². The van der Waals surface area contributed by atoms with Gasteiger partial charge in [-0.15, -0.1) is 11.3 Å². The molecule has 0 atom stereocenters. The van der Waals surface area contributed by atoms with E-state index in [1.54, 1.807) is 0 Å². The van der Waals surface area contributed by atoms with Gasteiger partial charge in [-0.3, -0.25) is 4.79 Å². The van der Waals surface area contributed by atoms with Crippen molar-refractivity contribution in [3.05, 3.63) is 33.6 Å². The lowest BCUT2D eigenvalue weighted by atomic mass is 9.78. The minimum absolute atomic E-state index is 0.0516. The van der Waals surface area contributed by atoms with Gasteiger partial charge in [0.05, 0.1) is 12.3 Å². The largest absolute Gasteiger partial charge is 0.493 e. The van der Waals surface area contributed by atoms with Crippen LogP contribution in [0.5, 0.6) is 5.75 Å². The third-order valence-corrected chi connectivity index (χ3v) is 4.68. The first-order valence-corrected chi connectivity index (χ1v) is 9.18. The molecule has 0 aliphatic heterocycles. The molecule has 0 aliphatic rings. The Balaban J connectivity index is 2.76. The molecular formula is C20H27NO2S. The van der Waals surface area contributed by atoms with Crippen molar-refractivity contribution in [3.63, 3.8) is 0 Å². The zero-order valence-electron chi connectivity index (χ0n) is 15.7. The van der Waals surface area contributed by atoms with Crippen molar-refractivity contribution in [2.24, 2.45) is 0 Å². The van der Waals surface area contributed by atoms with E-state index in [4.69, 9.17) is 4.74 Å². The standard InChI is InChI=1S/C20H27NO2S/c1-8-23-18-14(19(2,3)4)9-13(10-15(18)20(5,6)7)16-12-24-17(11-22)21-16/h9-12H,8H2,1-7H3. The van der Waals surface area contributed by atoms with Gasteiger partial charge in [0.15, 0.2) is 11.3 Å². The normalized spacial score (nSPS) is 12.3. The molecule has 130 valence electrons. The Hall–Kier alpha value is -1.68. The van der Waals surface area contributed by atoms with Crippen LogP contribution in [0.25, 0.3) is 11.3 Å². The van der Waals surface area contributed by atoms with Crippen molar-refractivity contribution in [2.45, 2.75) is 59.3 Å². The summed E-state index contributed by atoms with van der Waals surface area (Å²) >= 11 is 1.38. The highest BCUT2D eigenvalue weighted by molar-refractivity contribution is 7.11. The molecule has 0 N–H and O–H groups in total. The van der Waals surface area contributed by atoms with Crippen molar-refractivity contribution in [3.8, 4) is 17.0 Å². The van der Waals surface area contributed by atoms with Gasteiger partial charge in [0.1, 0.15) is 5.75 Å². The number of hydrogen-bond donors (Lipinski definition) is 0. The van der Waals surface area contributed by atoms with Gasteiger partial charge in [0.25, 0.3) is 0 Å². The molecule has 0 amide bonds. The lowest BCUT2D eigenvalue weighted by Gasteiger charge is -2.30. The highest BCUT2D eigenvalue weighted by Gasteiger charge is 2.28. The van der Waals surface area contributed by atoms with E-state index in [-0.39, 0.29) is 10.8 Å². The van der Waals surface area contributed by atoms with Crippen LogP contribution in [0, 0.1) is 0 Å². The van der Waals surface area contributed by atoms with Crippen LogP contribution in [-0.2, 0) is 10.8 Å². The summed E-state index contributed by atoms with van der Waals surface area (Å²) in [7, 11) is 0. The van der Waals surface area contributed by atoms with Crippen molar-refractivity contribution < 1.29 is 9.53 Å². The molecule has 1 aromatic heterocycles. The minimum Gasteiger partial charge on any atom is -0.493 e. The Kier molecular flexibility index (Phi) is 5.19. The number of hydrogen-bond acceptors (Lipinski definition) is 4. The van der Waals surface area contributed by atoms with Crippen molar-refractivity contribution in [1.82, 2.24) is 4.98 Å². The second-order valence-corrected chi connectivity index (χ2v) is 8.91. The second-order valence-electron chi connectivity index (χ2n) is 8.02. The van der Waals surface area contributed by atoms with Gasteiger partial charge in [0.2, 0.25) is 0 Å². The van der Waals surface area contributed by atoms with E-state index in [0.29, 0.717) is 11.6 Å². The van der Waals surface area contributed by atoms with Gasteiger partial charge in [0, 0.05) is 22.1 Å². The Morgan fingerprint density at radius 1 is 1.08 bits per heavy atom. The molecule has 3 nitrogen and oxygen atoms in total. The summed E-state index contributed by atoms with van der Waals surface area (Å²) in [6.45, 7) is 15.8. The van der Waals surface area contributed by atoms with Crippen LogP contribution in [0.3, 0.4) is 0 Å². The predicted molar refractivity (Wildman–Crippen MR) is 102 cm³/mol. The average molecular weight is 346 g/mol. The summed E-state index contributed by atoms with van der Waals surface area (Å²) in [5.41, 5.74) is 4.13. The summed E-state index contributed by atoms with van der Waals surface area (Å²) in [6.07, 6.45) is 0.804. The third kappa shape index (κ3) is 3.86. The van der Waals surface area contributed by atoms with Crippen molar-refractivity contribution >= 4 is 17.6 Å². The number of nitrogens with zero attached hydrogens (tertiary/aromatic N) is 1. The number of rotatable bonds is 4. The first-order valence-electron chi connectivity index (χ1n) is 8.30. The molecular weight excluding hydrogens is 318 g/mol. The molecule has 0 saturated heterocycles. The van der Waals surface area contributed by atoms with Gasteiger partial charge >= 0.3 is 0 Å². The molecule has 0 bridgehead atoms. The molecule has 2 aromatic rings.